The molecule has 0 aliphatic carbocycles. The van der Waals surface area contributed by atoms with Gasteiger partial charge in [-0.15, -0.1) is 0 Å². The van der Waals surface area contributed by atoms with E-state index in [4.69, 9.17) is 4.74 Å². The van der Waals surface area contributed by atoms with Crippen LogP contribution in [-0.4, -0.2) is 37.6 Å². The molecule has 1 amide bonds. The average Bonchev–Trinajstić information content (AvgIpc) is 2.36. The molecular formula is C12H17NO5. The molecule has 0 fully saturated rings. The van der Waals surface area contributed by atoms with Crippen molar-refractivity contribution in [2.24, 2.45) is 0 Å². The number of methoxy groups -OCH3 is 1. The van der Waals surface area contributed by atoms with E-state index in [9.17, 15) is 14.4 Å². The molecule has 0 radical (unpaired) electrons. The molecule has 1 N–H and O–H groups in total. The molecule has 0 saturated carbocycles. The maximum absolute atomic E-state index is 11.5. The van der Waals surface area contributed by atoms with Crippen molar-refractivity contribution in [1.29, 1.82) is 0 Å². The van der Waals surface area contributed by atoms with E-state index in [1.807, 2.05) is 12.2 Å². The molecule has 0 aromatic rings. The van der Waals surface area contributed by atoms with Gasteiger partial charge in [-0.05, 0) is 12.8 Å². The summed E-state index contributed by atoms with van der Waals surface area (Å²) >= 11 is 0. The first-order valence-electron chi connectivity index (χ1n) is 5.81. The van der Waals surface area contributed by atoms with Crippen LogP contribution in [0.4, 0.5) is 0 Å². The van der Waals surface area contributed by atoms with Crippen LogP contribution in [0.1, 0.15) is 25.7 Å². The maximum atomic E-state index is 11.5. The van der Waals surface area contributed by atoms with E-state index in [1.54, 1.807) is 0 Å². The Kier molecular flexibility index (Phi) is 5.90. The van der Waals surface area contributed by atoms with Crippen LogP contribution < -0.4 is 5.32 Å². The first kappa shape index (κ1) is 14.2. The van der Waals surface area contributed by atoms with E-state index in [1.165, 1.54) is 7.11 Å². The van der Waals surface area contributed by atoms with E-state index >= 15 is 0 Å². The Morgan fingerprint density at radius 2 is 2.00 bits per heavy atom. The number of cyclic esters (lactones) is 1. The summed E-state index contributed by atoms with van der Waals surface area (Å²) in [6, 6.07) is -0.935. The van der Waals surface area contributed by atoms with Crippen molar-refractivity contribution in [2.75, 3.05) is 13.7 Å². The number of hydrogen-bond acceptors (Lipinski definition) is 5. The van der Waals surface area contributed by atoms with Crippen molar-refractivity contribution in [3.8, 4) is 0 Å². The number of nitrogens with one attached hydrogen (secondary N) is 1. The molecule has 6 nitrogen and oxygen atoms in total. The lowest BCUT2D eigenvalue weighted by Crippen LogP contribution is -2.45. The summed E-state index contributed by atoms with van der Waals surface area (Å²) in [6.45, 7) is -0.193. The van der Waals surface area contributed by atoms with Crippen molar-refractivity contribution in [2.45, 2.75) is 31.7 Å². The van der Waals surface area contributed by atoms with Gasteiger partial charge in [-0.1, -0.05) is 12.2 Å². The second-order valence-corrected chi connectivity index (χ2v) is 3.88. The Bertz CT molecular complexity index is 350. The number of hydrogen-bond donors (Lipinski definition) is 1. The van der Waals surface area contributed by atoms with Crippen LogP contribution in [0.5, 0.6) is 0 Å². The monoisotopic (exact) mass is 255 g/mol. The number of carbonyl (C=O) groups is 3. The normalized spacial score (nSPS) is 22.2. The Morgan fingerprint density at radius 3 is 2.67 bits per heavy atom. The average molecular weight is 255 g/mol. The predicted molar refractivity (Wildman–Crippen MR) is 62.5 cm³/mol. The first-order chi connectivity index (χ1) is 8.63. The highest BCUT2D eigenvalue weighted by atomic mass is 16.5. The zero-order valence-electron chi connectivity index (χ0n) is 10.3. The van der Waals surface area contributed by atoms with Gasteiger partial charge in [0.05, 0.1) is 7.11 Å². The van der Waals surface area contributed by atoms with Crippen molar-refractivity contribution in [3.05, 3.63) is 12.2 Å². The lowest BCUT2D eigenvalue weighted by molar-refractivity contribution is -0.152. The first-order valence-corrected chi connectivity index (χ1v) is 5.81. The van der Waals surface area contributed by atoms with Gasteiger partial charge < -0.3 is 14.8 Å². The van der Waals surface area contributed by atoms with E-state index < -0.39 is 18.0 Å². The Balaban J connectivity index is 2.66. The van der Waals surface area contributed by atoms with Crippen LogP contribution in [0.15, 0.2) is 12.2 Å². The highest BCUT2D eigenvalue weighted by Crippen LogP contribution is 2.02. The van der Waals surface area contributed by atoms with Crippen molar-refractivity contribution >= 4 is 17.8 Å². The minimum Gasteiger partial charge on any atom is -0.467 e. The van der Waals surface area contributed by atoms with Gasteiger partial charge in [0.15, 0.2) is 6.04 Å². The minimum atomic E-state index is -0.935. The number of carbonyl (C=O) groups excluding carboxylic acids is 3. The van der Waals surface area contributed by atoms with Gasteiger partial charge in [0.25, 0.3) is 0 Å². The SMILES string of the molecule is COC(=O)[C@@H]1COC(=O)CCC=CCCC(=O)N1. The van der Waals surface area contributed by atoms with E-state index in [-0.39, 0.29) is 25.4 Å². The molecule has 0 saturated heterocycles. The van der Waals surface area contributed by atoms with Crippen molar-refractivity contribution < 1.29 is 23.9 Å². The Morgan fingerprint density at radius 1 is 1.33 bits per heavy atom. The van der Waals surface area contributed by atoms with Crippen LogP contribution >= 0.6 is 0 Å². The summed E-state index contributed by atoms with van der Waals surface area (Å²) in [6.07, 6.45) is 5.38. The van der Waals surface area contributed by atoms with Gasteiger partial charge in [-0.3, -0.25) is 9.59 Å². The highest BCUT2D eigenvalue weighted by molar-refractivity contribution is 5.84. The van der Waals surface area contributed by atoms with E-state index in [2.05, 4.69) is 10.1 Å². The molecule has 0 aromatic carbocycles. The Labute approximate surface area is 105 Å². The highest BCUT2D eigenvalue weighted by Gasteiger charge is 2.23. The lowest BCUT2D eigenvalue weighted by atomic mass is 10.2. The molecule has 1 aliphatic rings. The molecule has 6 heteroatoms. The van der Waals surface area contributed by atoms with Gasteiger partial charge in [-0.25, -0.2) is 4.79 Å². The lowest BCUT2D eigenvalue weighted by Gasteiger charge is -2.16. The van der Waals surface area contributed by atoms with Crippen LogP contribution in [-0.2, 0) is 23.9 Å². The summed E-state index contributed by atoms with van der Waals surface area (Å²) in [5, 5.41) is 2.48. The van der Waals surface area contributed by atoms with Crippen LogP contribution in [0.25, 0.3) is 0 Å². The summed E-state index contributed by atoms with van der Waals surface area (Å²) < 4.78 is 9.45. The molecule has 0 unspecified atom stereocenters. The second kappa shape index (κ2) is 7.47. The topological polar surface area (TPSA) is 81.7 Å². The predicted octanol–water partition coefficient (Wildman–Crippen LogP) is 0.318. The van der Waals surface area contributed by atoms with Gasteiger partial charge in [0.1, 0.15) is 6.61 Å². The molecule has 1 aliphatic heterocycles. The fraction of sp³-hybridized carbons (Fsp3) is 0.583. The smallest absolute Gasteiger partial charge is 0.331 e. The molecule has 0 bridgehead atoms. The standard InChI is InChI=1S/C12H17NO5/c1-17-12(16)9-8-18-11(15)7-5-3-2-4-6-10(14)13-9/h2-3,9H,4-8H2,1H3,(H,13,14)/t9-/m0/s1. The number of allylic oxidation sites excluding steroid dienone is 2. The zero-order chi connectivity index (χ0) is 13.4. The fourth-order valence-electron chi connectivity index (χ4n) is 1.48. The number of amides is 1. The molecule has 1 heterocycles. The minimum absolute atomic E-state index is 0.193. The third-order valence-corrected chi connectivity index (χ3v) is 2.45. The van der Waals surface area contributed by atoms with Crippen molar-refractivity contribution in [3.63, 3.8) is 0 Å². The molecule has 1 atom stereocenters. The fourth-order valence-corrected chi connectivity index (χ4v) is 1.48. The summed E-state index contributed by atoms with van der Waals surface area (Å²) in [5.41, 5.74) is 0. The zero-order valence-corrected chi connectivity index (χ0v) is 10.3. The van der Waals surface area contributed by atoms with Crippen LogP contribution in [0.3, 0.4) is 0 Å². The Hall–Kier alpha value is -1.85. The molecular weight excluding hydrogens is 238 g/mol. The largest absolute Gasteiger partial charge is 0.467 e. The number of rotatable bonds is 1. The molecule has 1 rings (SSSR count). The van der Waals surface area contributed by atoms with E-state index in [0.717, 1.165) is 0 Å². The van der Waals surface area contributed by atoms with Gasteiger partial charge in [0, 0.05) is 12.8 Å². The van der Waals surface area contributed by atoms with Gasteiger partial charge in [-0.2, -0.15) is 0 Å². The van der Waals surface area contributed by atoms with Crippen LogP contribution in [0.2, 0.25) is 0 Å². The van der Waals surface area contributed by atoms with Crippen molar-refractivity contribution in [1.82, 2.24) is 5.32 Å². The molecule has 100 valence electrons. The number of ether oxygens (including phenoxy) is 2. The maximum Gasteiger partial charge on any atom is 0.331 e. The summed E-state index contributed by atoms with van der Waals surface area (Å²) in [4.78, 5) is 34.2. The summed E-state index contributed by atoms with van der Waals surface area (Å²) in [5.74, 6) is -1.29. The summed E-state index contributed by atoms with van der Waals surface area (Å²) in [7, 11) is 1.22. The quantitative estimate of drug-likeness (QED) is 0.539. The molecule has 18 heavy (non-hydrogen) atoms. The van der Waals surface area contributed by atoms with E-state index in [0.29, 0.717) is 12.8 Å². The third-order valence-electron chi connectivity index (χ3n) is 2.45. The van der Waals surface area contributed by atoms with Crippen LogP contribution in [0, 0.1) is 0 Å². The third kappa shape index (κ3) is 4.99. The van der Waals surface area contributed by atoms with Gasteiger partial charge in [0.2, 0.25) is 5.91 Å². The molecule has 0 spiro atoms. The number of esters is 2. The second-order valence-electron chi connectivity index (χ2n) is 3.88. The van der Waals surface area contributed by atoms with Gasteiger partial charge >= 0.3 is 11.9 Å². The molecule has 0 aromatic heterocycles.